The molecule has 0 bridgehead atoms. The molecule has 1 atom stereocenters. The van der Waals surface area contributed by atoms with Crippen molar-refractivity contribution in [2.24, 2.45) is 0 Å². The third-order valence-corrected chi connectivity index (χ3v) is 3.28. The highest BCUT2D eigenvalue weighted by Gasteiger charge is 2.15. The van der Waals surface area contributed by atoms with Gasteiger partial charge in [0.2, 0.25) is 0 Å². The maximum atomic E-state index is 14.0. The Morgan fingerprint density at radius 2 is 1.95 bits per heavy atom. The molecule has 1 rings (SSSR count). The van der Waals surface area contributed by atoms with Gasteiger partial charge in [-0.1, -0.05) is 32.4 Å². The fourth-order valence-corrected chi connectivity index (χ4v) is 2.04. The minimum Gasteiger partial charge on any atom is -0.488 e. The number of nitrogens with one attached hydrogen (secondary N) is 1. The van der Waals surface area contributed by atoms with Crippen molar-refractivity contribution >= 4 is 0 Å². The summed E-state index contributed by atoms with van der Waals surface area (Å²) < 4.78 is 25.0. The van der Waals surface area contributed by atoms with Gasteiger partial charge in [0.15, 0.2) is 11.6 Å². The van der Waals surface area contributed by atoms with E-state index in [1.54, 1.807) is 6.07 Å². The molecule has 0 saturated heterocycles. The lowest BCUT2D eigenvalue weighted by molar-refractivity contribution is 0.0961. The Morgan fingerprint density at radius 1 is 1.14 bits per heavy atom. The maximum Gasteiger partial charge on any atom is 0.165 e. The normalized spacial score (nSPS) is 12.4. The van der Waals surface area contributed by atoms with Crippen LogP contribution in [0.2, 0.25) is 0 Å². The van der Waals surface area contributed by atoms with Crippen molar-refractivity contribution in [1.82, 2.24) is 5.32 Å². The lowest BCUT2D eigenvalue weighted by atomic mass is 10.1. The first-order chi connectivity index (χ1) is 10.2. The summed E-state index contributed by atoms with van der Waals surface area (Å²) in [5.41, 5.74) is 0.858. The predicted octanol–water partition coefficient (Wildman–Crippen LogP) is 4.08. The van der Waals surface area contributed by atoms with Crippen LogP contribution in [0.3, 0.4) is 0 Å². The largest absolute Gasteiger partial charge is 0.488 e. The summed E-state index contributed by atoms with van der Waals surface area (Å²) >= 11 is 0. The molecule has 0 radical (unpaired) electrons. The van der Waals surface area contributed by atoms with Crippen LogP contribution in [0, 0.1) is 5.82 Å². The molecule has 1 aromatic rings. The quantitative estimate of drug-likeness (QED) is 0.624. The standard InChI is InChI=1S/C17H28FNO2/c1-4-6-11-20-12-13-21-17-15(8-7-9-16(17)18)14(3)19-10-5-2/h7-9,14,19H,4-6,10-13H2,1-3H3. The van der Waals surface area contributed by atoms with Gasteiger partial charge in [0.25, 0.3) is 0 Å². The van der Waals surface area contributed by atoms with Crippen molar-refractivity contribution in [3.63, 3.8) is 0 Å². The van der Waals surface area contributed by atoms with Crippen LogP contribution in [0.4, 0.5) is 4.39 Å². The second-order valence-corrected chi connectivity index (χ2v) is 5.15. The monoisotopic (exact) mass is 297 g/mol. The third-order valence-electron chi connectivity index (χ3n) is 3.28. The topological polar surface area (TPSA) is 30.5 Å². The van der Waals surface area contributed by atoms with E-state index in [4.69, 9.17) is 9.47 Å². The third kappa shape index (κ3) is 6.44. The molecule has 0 fully saturated rings. The summed E-state index contributed by atoms with van der Waals surface area (Å²) in [6.07, 6.45) is 3.20. The zero-order valence-corrected chi connectivity index (χ0v) is 13.5. The highest BCUT2D eigenvalue weighted by Crippen LogP contribution is 2.28. The fourth-order valence-electron chi connectivity index (χ4n) is 2.04. The van der Waals surface area contributed by atoms with Crippen molar-refractivity contribution in [2.45, 2.75) is 46.1 Å². The minimum absolute atomic E-state index is 0.0664. The summed E-state index contributed by atoms with van der Waals surface area (Å²) in [6.45, 7) is 8.75. The first-order valence-corrected chi connectivity index (χ1v) is 7.93. The number of rotatable bonds is 11. The number of unbranched alkanes of at least 4 members (excludes halogenated alkanes) is 1. The number of halogens is 1. The predicted molar refractivity (Wildman–Crippen MR) is 84.3 cm³/mol. The van der Waals surface area contributed by atoms with Crippen LogP contribution >= 0.6 is 0 Å². The molecule has 21 heavy (non-hydrogen) atoms. The Labute approximate surface area is 127 Å². The Balaban J connectivity index is 2.55. The molecule has 0 aliphatic carbocycles. The molecule has 0 saturated carbocycles. The lowest BCUT2D eigenvalue weighted by Crippen LogP contribution is -2.20. The van der Waals surface area contributed by atoms with E-state index in [2.05, 4.69) is 19.2 Å². The molecule has 1 N–H and O–H groups in total. The summed E-state index contributed by atoms with van der Waals surface area (Å²) in [5.74, 6) is 0.0268. The van der Waals surface area contributed by atoms with E-state index in [9.17, 15) is 4.39 Å². The van der Waals surface area contributed by atoms with Gasteiger partial charge in [-0.2, -0.15) is 0 Å². The van der Waals surface area contributed by atoms with Crippen LogP contribution in [-0.4, -0.2) is 26.4 Å². The number of ether oxygens (including phenoxy) is 2. The smallest absolute Gasteiger partial charge is 0.165 e. The van der Waals surface area contributed by atoms with Crippen LogP contribution in [0.5, 0.6) is 5.75 Å². The van der Waals surface area contributed by atoms with Gasteiger partial charge in [-0.15, -0.1) is 0 Å². The van der Waals surface area contributed by atoms with E-state index in [1.165, 1.54) is 6.07 Å². The molecule has 0 aliphatic heterocycles. The highest BCUT2D eigenvalue weighted by molar-refractivity contribution is 5.37. The van der Waals surface area contributed by atoms with E-state index in [1.807, 2.05) is 13.0 Å². The molecular weight excluding hydrogens is 269 g/mol. The minimum atomic E-state index is -0.314. The maximum absolute atomic E-state index is 14.0. The molecule has 120 valence electrons. The summed E-state index contributed by atoms with van der Waals surface area (Å²) in [5, 5.41) is 3.36. The van der Waals surface area contributed by atoms with Crippen molar-refractivity contribution in [1.29, 1.82) is 0 Å². The van der Waals surface area contributed by atoms with Crippen molar-refractivity contribution < 1.29 is 13.9 Å². The first-order valence-electron chi connectivity index (χ1n) is 7.93. The van der Waals surface area contributed by atoms with Gasteiger partial charge in [-0.3, -0.25) is 0 Å². The van der Waals surface area contributed by atoms with Crippen LogP contribution in [0.1, 0.15) is 51.6 Å². The summed E-state index contributed by atoms with van der Waals surface area (Å²) in [4.78, 5) is 0. The van der Waals surface area contributed by atoms with Crippen LogP contribution in [0.15, 0.2) is 18.2 Å². The van der Waals surface area contributed by atoms with E-state index in [-0.39, 0.29) is 11.9 Å². The van der Waals surface area contributed by atoms with Gasteiger partial charge >= 0.3 is 0 Å². The average Bonchev–Trinajstić information content (AvgIpc) is 2.49. The molecule has 1 unspecified atom stereocenters. The van der Waals surface area contributed by atoms with E-state index < -0.39 is 0 Å². The number of para-hydroxylation sites is 1. The molecule has 3 nitrogen and oxygen atoms in total. The lowest BCUT2D eigenvalue weighted by Gasteiger charge is -2.18. The molecular formula is C17H28FNO2. The second kappa shape index (κ2) is 10.6. The molecule has 4 heteroatoms. The molecule has 1 aromatic carbocycles. The zero-order chi connectivity index (χ0) is 15.5. The van der Waals surface area contributed by atoms with Crippen LogP contribution in [0.25, 0.3) is 0 Å². The van der Waals surface area contributed by atoms with Crippen LogP contribution in [-0.2, 0) is 4.74 Å². The molecule has 0 aliphatic rings. The fraction of sp³-hybridized carbons (Fsp3) is 0.647. The molecule has 0 aromatic heterocycles. The Hall–Kier alpha value is -1.13. The zero-order valence-electron chi connectivity index (χ0n) is 13.5. The van der Waals surface area contributed by atoms with Gasteiger partial charge in [0, 0.05) is 18.2 Å². The summed E-state index contributed by atoms with van der Waals surface area (Å²) in [6, 6.07) is 5.13. The van der Waals surface area contributed by atoms with Gasteiger partial charge < -0.3 is 14.8 Å². The number of hydrogen-bond donors (Lipinski definition) is 1. The van der Waals surface area contributed by atoms with E-state index in [0.29, 0.717) is 19.0 Å². The van der Waals surface area contributed by atoms with E-state index >= 15 is 0 Å². The number of benzene rings is 1. The second-order valence-electron chi connectivity index (χ2n) is 5.15. The summed E-state index contributed by atoms with van der Waals surface area (Å²) in [7, 11) is 0. The van der Waals surface area contributed by atoms with Gasteiger partial charge in [-0.25, -0.2) is 4.39 Å². The Bertz CT molecular complexity index is 398. The average molecular weight is 297 g/mol. The van der Waals surface area contributed by atoms with Gasteiger partial charge in [0.1, 0.15) is 6.61 Å². The van der Waals surface area contributed by atoms with Gasteiger partial charge in [0.05, 0.1) is 6.61 Å². The SMILES string of the molecule is CCCCOCCOc1c(F)cccc1C(C)NCCC. The number of hydrogen-bond acceptors (Lipinski definition) is 3. The first kappa shape index (κ1) is 17.9. The molecule has 0 spiro atoms. The van der Waals surface area contributed by atoms with E-state index in [0.717, 1.165) is 38.0 Å². The molecule has 0 amide bonds. The van der Waals surface area contributed by atoms with Crippen molar-refractivity contribution in [2.75, 3.05) is 26.4 Å². The van der Waals surface area contributed by atoms with Crippen molar-refractivity contribution in [3.05, 3.63) is 29.6 Å². The van der Waals surface area contributed by atoms with Crippen LogP contribution < -0.4 is 10.1 Å². The highest BCUT2D eigenvalue weighted by atomic mass is 19.1. The molecule has 0 heterocycles. The van der Waals surface area contributed by atoms with Crippen molar-refractivity contribution in [3.8, 4) is 5.75 Å². The Morgan fingerprint density at radius 3 is 2.67 bits per heavy atom. The Kier molecular flexibility index (Phi) is 9.02. The van der Waals surface area contributed by atoms with Gasteiger partial charge in [-0.05, 0) is 32.4 Å².